The van der Waals surface area contributed by atoms with Gasteiger partial charge >= 0.3 is 0 Å². The van der Waals surface area contributed by atoms with E-state index in [1.165, 1.54) is 11.8 Å². The van der Waals surface area contributed by atoms with Gasteiger partial charge in [-0.3, -0.25) is 9.59 Å². The summed E-state index contributed by atoms with van der Waals surface area (Å²) in [5, 5.41) is 3.52. The molecule has 0 unspecified atom stereocenters. The first-order valence-electron chi connectivity index (χ1n) is 6.66. The molecule has 0 radical (unpaired) electrons. The van der Waals surface area contributed by atoms with Crippen LogP contribution in [0.25, 0.3) is 0 Å². The number of aryl methyl sites for hydroxylation is 2. The zero-order valence-corrected chi connectivity index (χ0v) is 13.6. The van der Waals surface area contributed by atoms with E-state index in [9.17, 15) is 9.59 Å². The van der Waals surface area contributed by atoms with Gasteiger partial charge in [-0.05, 0) is 31.5 Å². The Balaban J connectivity index is 1.75. The van der Waals surface area contributed by atoms with Crippen LogP contribution in [0, 0.1) is 13.8 Å². The number of carbonyl (C=O) groups excluding carboxylic acids is 2. The Kier molecular flexibility index (Phi) is 3.97. The summed E-state index contributed by atoms with van der Waals surface area (Å²) in [4.78, 5) is 27.9. The van der Waals surface area contributed by atoms with Crippen molar-refractivity contribution in [3.8, 4) is 0 Å². The van der Waals surface area contributed by atoms with Crippen LogP contribution in [0.3, 0.4) is 0 Å². The third-order valence-corrected chi connectivity index (χ3v) is 4.59. The van der Waals surface area contributed by atoms with Gasteiger partial charge < -0.3 is 9.73 Å². The van der Waals surface area contributed by atoms with E-state index in [-0.39, 0.29) is 23.9 Å². The van der Waals surface area contributed by atoms with Crippen LogP contribution in [0.15, 0.2) is 21.8 Å². The molecule has 0 saturated heterocycles. The van der Waals surface area contributed by atoms with Gasteiger partial charge in [0.25, 0.3) is 5.22 Å². The Bertz CT molecular complexity index is 766. The van der Waals surface area contributed by atoms with E-state index < -0.39 is 0 Å². The van der Waals surface area contributed by atoms with E-state index in [1.54, 1.807) is 12.1 Å². The summed E-state index contributed by atoms with van der Waals surface area (Å²) in [6.45, 7) is 3.68. The van der Waals surface area contributed by atoms with Crippen molar-refractivity contribution in [2.45, 2.75) is 25.5 Å². The molecule has 1 N–H and O–H groups in total. The van der Waals surface area contributed by atoms with Crippen molar-refractivity contribution >= 4 is 40.7 Å². The van der Waals surface area contributed by atoms with Crippen molar-refractivity contribution in [3.05, 3.63) is 39.7 Å². The number of hydrogen-bond donors (Lipinski definition) is 1. The SMILES string of the molecule is Cc1nc(SCC(=O)c2cc3c(cc2Cl)NC(=O)C3)oc1C. The first kappa shape index (κ1) is 15.1. The van der Waals surface area contributed by atoms with E-state index in [2.05, 4.69) is 10.3 Å². The number of halogens is 1. The molecule has 114 valence electrons. The van der Waals surface area contributed by atoms with Gasteiger partial charge in [-0.2, -0.15) is 0 Å². The Hall–Kier alpha value is -1.79. The summed E-state index contributed by atoms with van der Waals surface area (Å²) in [6, 6.07) is 3.31. The third-order valence-electron chi connectivity index (χ3n) is 3.45. The summed E-state index contributed by atoms with van der Waals surface area (Å²) in [5.74, 6) is 0.718. The van der Waals surface area contributed by atoms with Gasteiger partial charge in [0.05, 0.1) is 22.9 Å². The molecular weight excluding hydrogens is 324 g/mol. The number of hydrogen-bond acceptors (Lipinski definition) is 5. The van der Waals surface area contributed by atoms with Crippen LogP contribution in [0.2, 0.25) is 5.02 Å². The second-order valence-electron chi connectivity index (χ2n) is 5.05. The molecule has 5 nitrogen and oxygen atoms in total. The standard InChI is InChI=1S/C15H13ClN2O3S/c1-7-8(2)21-15(17-7)22-6-13(19)10-3-9-4-14(20)18-12(9)5-11(10)16/h3,5H,4,6H2,1-2H3,(H,18,20). The molecule has 7 heteroatoms. The molecule has 2 aromatic rings. The second kappa shape index (κ2) is 5.78. The van der Waals surface area contributed by atoms with Crippen molar-refractivity contribution in [1.82, 2.24) is 4.98 Å². The van der Waals surface area contributed by atoms with E-state index in [1.807, 2.05) is 13.8 Å². The number of oxazole rings is 1. The van der Waals surface area contributed by atoms with E-state index in [0.29, 0.717) is 21.5 Å². The van der Waals surface area contributed by atoms with Crippen LogP contribution in [0.1, 0.15) is 27.4 Å². The molecule has 0 saturated carbocycles. The largest absolute Gasteiger partial charge is 0.437 e. The highest BCUT2D eigenvalue weighted by Crippen LogP contribution is 2.31. The van der Waals surface area contributed by atoms with Gasteiger partial charge in [-0.15, -0.1) is 0 Å². The molecule has 3 rings (SSSR count). The van der Waals surface area contributed by atoms with Crippen molar-refractivity contribution in [2.24, 2.45) is 0 Å². The summed E-state index contributed by atoms with van der Waals surface area (Å²) >= 11 is 7.37. The molecule has 0 spiro atoms. The minimum absolute atomic E-state index is 0.0872. The number of aromatic nitrogens is 1. The summed E-state index contributed by atoms with van der Waals surface area (Å²) in [5.41, 5.74) is 2.71. The number of rotatable bonds is 4. The molecule has 22 heavy (non-hydrogen) atoms. The Morgan fingerprint density at radius 3 is 2.91 bits per heavy atom. The number of ketones is 1. The predicted octanol–water partition coefficient (Wildman–Crippen LogP) is 3.41. The quantitative estimate of drug-likeness (QED) is 0.684. The van der Waals surface area contributed by atoms with Gasteiger partial charge in [-0.1, -0.05) is 23.4 Å². The van der Waals surface area contributed by atoms with E-state index in [0.717, 1.165) is 17.0 Å². The first-order valence-corrected chi connectivity index (χ1v) is 8.02. The van der Waals surface area contributed by atoms with Crippen LogP contribution >= 0.6 is 23.4 Å². The van der Waals surface area contributed by atoms with Crippen LogP contribution in [-0.4, -0.2) is 22.4 Å². The predicted molar refractivity (Wildman–Crippen MR) is 84.8 cm³/mol. The molecular formula is C15H13ClN2O3S. The molecule has 1 aliphatic rings. The Morgan fingerprint density at radius 1 is 1.45 bits per heavy atom. The van der Waals surface area contributed by atoms with E-state index in [4.69, 9.17) is 16.0 Å². The minimum atomic E-state index is -0.120. The Morgan fingerprint density at radius 2 is 2.23 bits per heavy atom. The van der Waals surface area contributed by atoms with Crippen LogP contribution in [0.5, 0.6) is 0 Å². The topological polar surface area (TPSA) is 72.2 Å². The lowest BCUT2D eigenvalue weighted by atomic mass is 10.1. The normalized spacial score (nSPS) is 13.1. The average Bonchev–Trinajstić information content (AvgIpc) is 2.97. The lowest BCUT2D eigenvalue weighted by molar-refractivity contribution is -0.115. The number of nitrogens with one attached hydrogen (secondary N) is 1. The fraction of sp³-hybridized carbons (Fsp3) is 0.267. The number of anilines is 1. The number of amides is 1. The molecule has 0 atom stereocenters. The molecule has 1 aromatic heterocycles. The highest BCUT2D eigenvalue weighted by atomic mass is 35.5. The molecule has 0 fully saturated rings. The minimum Gasteiger partial charge on any atom is -0.437 e. The summed E-state index contributed by atoms with van der Waals surface area (Å²) < 4.78 is 5.43. The van der Waals surface area contributed by atoms with Crippen LogP contribution in [-0.2, 0) is 11.2 Å². The van der Waals surface area contributed by atoms with Crippen molar-refractivity contribution < 1.29 is 14.0 Å². The highest BCUT2D eigenvalue weighted by molar-refractivity contribution is 7.99. The summed E-state index contributed by atoms with van der Waals surface area (Å²) in [6.07, 6.45) is 0.276. The third kappa shape index (κ3) is 2.89. The smallest absolute Gasteiger partial charge is 0.256 e. The molecule has 2 heterocycles. The first-order chi connectivity index (χ1) is 10.4. The van der Waals surface area contributed by atoms with E-state index >= 15 is 0 Å². The molecule has 0 bridgehead atoms. The fourth-order valence-electron chi connectivity index (χ4n) is 2.17. The number of fused-ring (bicyclic) bond motifs is 1. The summed E-state index contributed by atoms with van der Waals surface area (Å²) in [7, 11) is 0. The van der Waals surface area contributed by atoms with Crippen LogP contribution in [0.4, 0.5) is 5.69 Å². The zero-order chi connectivity index (χ0) is 15.9. The number of benzene rings is 1. The zero-order valence-electron chi connectivity index (χ0n) is 12.0. The second-order valence-corrected chi connectivity index (χ2v) is 6.38. The van der Waals surface area contributed by atoms with Gasteiger partial charge in [-0.25, -0.2) is 4.98 Å². The van der Waals surface area contributed by atoms with Crippen molar-refractivity contribution in [3.63, 3.8) is 0 Å². The molecule has 1 amide bonds. The monoisotopic (exact) mass is 336 g/mol. The number of carbonyl (C=O) groups is 2. The van der Waals surface area contributed by atoms with Crippen molar-refractivity contribution in [1.29, 1.82) is 0 Å². The average molecular weight is 337 g/mol. The lowest BCUT2D eigenvalue weighted by Crippen LogP contribution is -2.04. The molecule has 1 aliphatic heterocycles. The van der Waals surface area contributed by atoms with Crippen LogP contribution < -0.4 is 5.32 Å². The maximum Gasteiger partial charge on any atom is 0.256 e. The number of nitrogens with zero attached hydrogens (tertiary/aromatic N) is 1. The van der Waals surface area contributed by atoms with Gasteiger partial charge in [0.15, 0.2) is 5.78 Å². The fourth-order valence-corrected chi connectivity index (χ4v) is 3.24. The van der Waals surface area contributed by atoms with Gasteiger partial charge in [0.1, 0.15) is 5.76 Å². The lowest BCUT2D eigenvalue weighted by Gasteiger charge is -2.06. The van der Waals surface area contributed by atoms with Gasteiger partial charge in [0.2, 0.25) is 5.91 Å². The van der Waals surface area contributed by atoms with Crippen molar-refractivity contribution in [2.75, 3.05) is 11.1 Å². The maximum atomic E-state index is 12.3. The number of Topliss-reactive ketones (excluding diaryl/α,β-unsaturated/α-hetero) is 1. The maximum absolute atomic E-state index is 12.3. The Labute approximate surface area is 136 Å². The molecule has 1 aromatic carbocycles. The molecule has 0 aliphatic carbocycles. The van der Waals surface area contributed by atoms with Gasteiger partial charge in [0, 0.05) is 11.3 Å². The highest BCUT2D eigenvalue weighted by Gasteiger charge is 2.22. The number of thioether (sulfide) groups is 1.